The molecule has 1 N–H and O–H groups in total. The van der Waals surface area contributed by atoms with Gasteiger partial charge < -0.3 is 9.84 Å². The number of carboxylic acid groups (broad SMARTS) is 1. The zero-order valence-electron chi connectivity index (χ0n) is 10.9. The Morgan fingerprint density at radius 1 is 1.14 bits per heavy atom. The van der Waals surface area contributed by atoms with Gasteiger partial charge in [0.05, 0.1) is 14.0 Å². The Morgan fingerprint density at radius 2 is 1.76 bits per heavy atom. The van der Waals surface area contributed by atoms with Gasteiger partial charge >= 0.3 is 5.97 Å². The Bertz CT molecular complexity index is 782. The lowest BCUT2D eigenvalue weighted by Crippen LogP contribution is -1.98. The van der Waals surface area contributed by atoms with Crippen LogP contribution in [0.5, 0.6) is 11.5 Å². The molecule has 21 heavy (non-hydrogen) atoms. The molecule has 2 aromatic rings. The van der Waals surface area contributed by atoms with Crippen LogP contribution in [0, 0.1) is 3.57 Å². The average molecular weight is 418 g/mol. The van der Waals surface area contributed by atoms with Gasteiger partial charge in [-0.3, -0.25) is 0 Å². The number of carbonyl (C=O) groups is 1. The molecule has 110 valence electrons. The van der Waals surface area contributed by atoms with E-state index in [1.54, 1.807) is 6.07 Å². The maximum absolute atomic E-state index is 11.4. The first-order valence-corrected chi connectivity index (χ1v) is 8.75. The molecule has 2 aromatic carbocycles. The SMILES string of the molecule is CS(=O)(=O)c1ccc(Oc2cc(C(=O)O)ccc2I)cc1. The van der Waals surface area contributed by atoms with Gasteiger partial charge in [-0.1, -0.05) is 0 Å². The summed E-state index contributed by atoms with van der Waals surface area (Å²) in [6.07, 6.45) is 1.13. The minimum atomic E-state index is -3.25. The van der Waals surface area contributed by atoms with Crippen molar-refractivity contribution in [3.63, 3.8) is 0 Å². The van der Waals surface area contributed by atoms with Gasteiger partial charge in [0.1, 0.15) is 11.5 Å². The summed E-state index contributed by atoms with van der Waals surface area (Å²) in [5.41, 5.74) is 0.123. The van der Waals surface area contributed by atoms with Gasteiger partial charge in [-0.2, -0.15) is 0 Å². The summed E-state index contributed by atoms with van der Waals surface area (Å²) in [7, 11) is -3.25. The van der Waals surface area contributed by atoms with Gasteiger partial charge in [-0.15, -0.1) is 0 Å². The zero-order valence-corrected chi connectivity index (χ0v) is 13.9. The summed E-state index contributed by atoms with van der Waals surface area (Å²) >= 11 is 2.03. The number of rotatable bonds is 4. The molecular formula is C14H11IO5S. The molecule has 0 spiro atoms. The van der Waals surface area contributed by atoms with Crippen LogP contribution in [0.15, 0.2) is 47.4 Å². The molecule has 0 bridgehead atoms. The lowest BCUT2D eigenvalue weighted by molar-refractivity contribution is 0.0696. The molecule has 2 rings (SSSR count). The highest BCUT2D eigenvalue weighted by Gasteiger charge is 2.10. The monoisotopic (exact) mass is 418 g/mol. The molecule has 0 heterocycles. The topological polar surface area (TPSA) is 80.7 Å². The highest BCUT2D eigenvalue weighted by Crippen LogP contribution is 2.28. The minimum absolute atomic E-state index is 0.123. The van der Waals surface area contributed by atoms with Crippen LogP contribution in [-0.4, -0.2) is 25.7 Å². The first-order chi connectivity index (χ1) is 9.77. The Hall–Kier alpha value is -1.61. The van der Waals surface area contributed by atoms with Crippen LogP contribution >= 0.6 is 22.6 Å². The Morgan fingerprint density at radius 3 is 2.29 bits per heavy atom. The highest BCUT2D eigenvalue weighted by atomic mass is 127. The molecule has 0 aliphatic carbocycles. The number of hydrogen-bond donors (Lipinski definition) is 1. The molecule has 0 atom stereocenters. The smallest absolute Gasteiger partial charge is 0.335 e. The Kier molecular flexibility index (Phi) is 4.52. The van der Waals surface area contributed by atoms with Crippen molar-refractivity contribution in [2.45, 2.75) is 4.90 Å². The average Bonchev–Trinajstić information content (AvgIpc) is 2.40. The van der Waals surface area contributed by atoms with Crippen LogP contribution in [0.2, 0.25) is 0 Å². The Labute approximate surface area is 135 Å². The summed E-state index contributed by atoms with van der Waals surface area (Å²) in [6.45, 7) is 0. The minimum Gasteiger partial charge on any atom is -0.478 e. The van der Waals surface area contributed by atoms with Crippen LogP contribution in [0.3, 0.4) is 0 Å². The molecule has 0 fully saturated rings. The molecule has 0 aliphatic rings. The number of halogens is 1. The third-order valence-electron chi connectivity index (χ3n) is 2.66. The normalized spacial score (nSPS) is 11.1. The lowest BCUT2D eigenvalue weighted by Gasteiger charge is -2.09. The molecule has 0 unspecified atom stereocenters. The molecule has 5 nitrogen and oxygen atoms in total. The van der Waals surface area contributed by atoms with E-state index in [0.717, 1.165) is 9.83 Å². The van der Waals surface area contributed by atoms with Crippen LogP contribution in [0.25, 0.3) is 0 Å². The fourth-order valence-corrected chi connectivity index (χ4v) is 2.67. The number of aromatic carboxylic acids is 1. The van der Waals surface area contributed by atoms with E-state index in [-0.39, 0.29) is 10.5 Å². The van der Waals surface area contributed by atoms with E-state index in [2.05, 4.69) is 0 Å². The van der Waals surface area contributed by atoms with Gasteiger partial charge in [0.25, 0.3) is 0 Å². The summed E-state index contributed by atoms with van der Waals surface area (Å²) in [5, 5.41) is 8.97. The van der Waals surface area contributed by atoms with Gasteiger partial charge in [-0.25, -0.2) is 13.2 Å². The van der Waals surface area contributed by atoms with E-state index in [1.165, 1.54) is 36.4 Å². The summed E-state index contributed by atoms with van der Waals surface area (Å²) in [6, 6.07) is 10.5. The van der Waals surface area contributed by atoms with Crippen molar-refractivity contribution < 1.29 is 23.1 Å². The molecule has 0 amide bonds. The maximum Gasteiger partial charge on any atom is 0.335 e. The van der Waals surface area contributed by atoms with Crippen molar-refractivity contribution >= 4 is 38.4 Å². The molecule has 0 aliphatic heterocycles. The predicted molar refractivity (Wildman–Crippen MR) is 85.7 cm³/mol. The van der Waals surface area contributed by atoms with Crippen molar-refractivity contribution in [1.29, 1.82) is 0 Å². The predicted octanol–water partition coefficient (Wildman–Crippen LogP) is 3.19. The van der Waals surface area contributed by atoms with Crippen molar-refractivity contribution in [3.8, 4) is 11.5 Å². The second-order valence-electron chi connectivity index (χ2n) is 4.30. The van der Waals surface area contributed by atoms with Crippen molar-refractivity contribution in [2.24, 2.45) is 0 Å². The molecule has 7 heteroatoms. The summed E-state index contributed by atoms with van der Waals surface area (Å²) in [4.78, 5) is 11.1. The van der Waals surface area contributed by atoms with E-state index < -0.39 is 15.8 Å². The molecular weight excluding hydrogens is 407 g/mol. The van der Waals surface area contributed by atoms with E-state index in [9.17, 15) is 13.2 Å². The summed E-state index contributed by atoms with van der Waals surface area (Å²) in [5.74, 6) is -0.200. The van der Waals surface area contributed by atoms with E-state index in [0.29, 0.717) is 11.5 Å². The van der Waals surface area contributed by atoms with Crippen LogP contribution in [-0.2, 0) is 9.84 Å². The van der Waals surface area contributed by atoms with Gasteiger partial charge in [0.2, 0.25) is 0 Å². The second kappa shape index (κ2) is 6.02. The lowest BCUT2D eigenvalue weighted by atomic mass is 10.2. The van der Waals surface area contributed by atoms with Crippen molar-refractivity contribution in [3.05, 3.63) is 51.6 Å². The third kappa shape index (κ3) is 3.94. The largest absolute Gasteiger partial charge is 0.478 e. The van der Waals surface area contributed by atoms with Crippen molar-refractivity contribution in [2.75, 3.05) is 6.26 Å². The standard InChI is InChI=1S/C14H11IO5S/c1-21(18,19)11-5-3-10(4-6-11)20-13-8-9(14(16)17)2-7-12(13)15/h2-8H,1H3,(H,16,17). The van der Waals surface area contributed by atoms with Crippen molar-refractivity contribution in [1.82, 2.24) is 0 Å². The number of ether oxygens (including phenoxy) is 1. The molecule has 0 saturated carbocycles. The maximum atomic E-state index is 11.4. The molecule has 0 saturated heterocycles. The van der Waals surface area contributed by atoms with Gasteiger partial charge in [0.15, 0.2) is 9.84 Å². The fourth-order valence-electron chi connectivity index (χ4n) is 1.60. The second-order valence-corrected chi connectivity index (χ2v) is 7.47. The quantitative estimate of drug-likeness (QED) is 0.772. The van der Waals surface area contributed by atoms with Crippen LogP contribution in [0.1, 0.15) is 10.4 Å². The number of carboxylic acids is 1. The fraction of sp³-hybridized carbons (Fsp3) is 0.0714. The van der Waals surface area contributed by atoms with Crippen LogP contribution < -0.4 is 4.74 Å². The van der Waals surface area contributed by atoms with E-state index in [1.807, 2.05) is 22.6 Å². The van der Waals surface area contributed by atoms with E-state index in [4.69, 9.17) is 9.84 Å². The van der Waals surface area contributed by atoms with E-state index >= 15 is 0 Å². The number of benzene rings is 2. The van der Waals surface area contributed by atoms with Gasteiger partial charge in [-0.05, 0) is 65.1 Å². The first kappa shape index (κ1) is 15.8. The highest BCUT2D eigenvalue weighted by molar-refractivity contribution is 14.1. The number of hydrogen-bond acceptors (Lipinski definition) is 4. The third-order valence-corrected chi connectivity index (χ3v) is 4.68. The summed E-state index contributed by atoms with van der Waals surface area (Å²) < 4.78 is 29.1. The molecule has 0 radical (unpaired) electrons. The Balaban J connectivity index is 2.30. The van der Waals surface area contributed by atoms with Gasteiger partial charge in [0, 0.05) is 6.26 Å². The van der Waals surface area contributed by atoms with Crippen LogP contribution in [0.4, 0.5) is 0 Å². The number of sulfone groups is 1. The first-order valence-electron chi connectivity index (χ1n) is 5.78. The molecule has 0 aromatic heterocycles. The zero-order chi connectivity index (χ0) is 15.6.